The number of carbonyl (C=O) groups excluding carboxylic acids is 3. The Morgan fingerprint density at radius 3 is 2.68 bits per heavy atom. The summed E-state index contributed by atoms with van der Waals surface area (Å²) >= 11 is 3.67. The molecule has 38 heavy (non-hydrogen) atoms. The van der Waals surface area contributed by atoms with Crippen LogP contribution in [0.3, 0.4) is 0 Å². The molecule has 0 radical (unpaired) electrons. The second kappa shape index (κ2) is 12.6. The molecule has 0 aromatic rings. The molecule has 11 heteroatoms. The summed E-state index contributed by atoms with van der Waals surface area (Å²) < 4.78 is 17.5. The zero-order valence-corrected chi connectivity index (χ0v) is 23.7. The molecule has 0 aromatic carbocycles. The third kappa shape index (κ3) is 5.20. The molecule has 1 N–H and O–H groups in total. The fourth-order valence-corrected chi connectivity index (χ4v) is 7.41. The minimum atomic E-state index is -1.18. The first-order valence-corrected chi connectivity index (χ1v) is 14.5. The fraction of sp³-hybridized carbons (Fsp3) is 0.741. The van der Waals surface area contributed by atoms with Gasteiger partial charge >= 0.3 is 5.97 Å². The average molecular weight is 599 g/mol. The Hall–Kier alpha value is -1.79. The van der Waals surface area contributed by atoms with E-state index in [0.29, 0.717) is 52.1 Å². The molecule has 2 bridgehead atoms. The molecular weight excluding hydrogens is 558 g/mol. The summed E-state index contributed by atoms with van der Waals surface area (Å²) in [6.45, 7) is 13.6. The van der Waals surface area contributed by atoms with Crippen molar-refractivity contribution >= 4 is 33.7 Å². The van der Waals surface area contributed by atoms with Crippen LogP contribution < -0.4 is 0 Å². The number of alkyl halides is 1. The van der Waals surface area contributed by atoms with E-state index in [1.54, 1.807) is 17.1 Å². The van der Waals surface area contributed by atoms with Gasteiger partial charge in [0.15, 0.2) is 0 Å². The molecule has 4 fully saturated rings. The zero-order valence-electron chi connectivity index (χ0n) is 22.1. The van der Waals surface area contributed by atoms with Crippen molar-refractivity contribution in [1.29, 1.82) is 0 Å². The van der Waals surface area contributed by atoms with Crippen molar-refractivity contribution in [3.63, 3.8) is 0 Å². The summed E-state index contributed by atoms with van der Waals surface area (Å²) in [7, 11) is 0. The lowest BCUT2D eigenvalue weighted by molar-refractivity contribution is -0.156. The second-order valence-electron chi connectivity index (χ2n) is 10.4. The highest BCUT2D eigenvalue weighted by Crippen LogP contribution is 2.60. The van der Waals surface area contributed by atoms with Crippen molar-refractivity contribution in [2.45, 2.75) is 54.8 Å². The van der Waals surface area contributed by atoms with Crippen LogP contribution in [0.1, 0.15) is 26.2 Å². The number of carbonyl (C=O) groups is 3. The first-order chi connectivity index (χ1) is 18.3. The molecular formula is C27H40BrN3O7. The van der Waals surface area contributed by atoms with Gasteiger partial charge in [-0.15, -0.1) is 13.2 Å². The van der Waals surface area contributed by atoms with Crippen LogP contribution in [0.4, 0.5) is 0 Å². The van der Waals surface area contributed by atoms with Crippen molar-refractivity contribution in [2.75, 3.05) is 59.2 Å². The molecule has 10 nitrogen and oxygen atoms in total. The molecule has 0 saturated carbocycles. The van der Waals surface area contributed by atoms with Crippen LogP contribution in [-0.4, -0.2) is 125 Å². The summed E-state index contributed by atoms with van der Waals surface area (Å²) in [5.74, 6) is -2.76. The molecule has 1 spiro atoms. The molecule has 212 valence electrons. The smallest absolute Gasteiger partial charge is 0.312 e. The zero-order chi connectivity index (χ0) is 27.4. The van der Waals surface area contributed by atoms with Gasteiger partial charge in [-0.25, -0.2) is 0 Å². The van der Waals surface area contributed by atoms with E-state index in [1.165, 1.54) is 4.90 Å². The second-order valence-corrected chi connectivity index (χ2v) is 11.6. The molecule has 3 unspecified atom stereocenters. The SMILES string of the molecule is C=CCCOC(=O)[C@H]1[C@@H]2OC3(CC2Br)C(C(=O)N(CC=C)CCN2CCOCC2)N([C@@H](CC)CO)C(=O)[C@H]13. The Balaban J connectivity index is 1.66. The van der Waals surface area contributed by atoms with Crippen molar-refractivity contribution < 1.29 is 33.7 Å². The summed E-state index contributed by atoms with van der Waals surface area (Å²) in [5, 5.41) is 10.2. The molecule has 4 aliphatic heterocycles. The molecule has 4 aliphatic rings. The summed E-state index contributed by atoms with van der Waals surface area (Å²) in [5.41, 5.74) is -1.18. The van der Waals surface area contributed by atoms with Gasteiger partial charge < -0.3 is 29.1 Å². The minimum Gasteiger partial charge on any atom is -0.465 e. The molecule has 0 aromatic heterocycles. The van der Waals surface area contributed by atoms with E-state index in [1.807, 2.05) is 6.92 Å². The Labute approximate surface area is 233 Å². The average Bonchev–Trinajstić information content (AvgIpc) is 3.51. The first-order valence-electron chi connectivity index (χ1n) is 13.6. The van der Waals surface area contributed by atoms with Crippen molar-refractivity contribution in [3.8, 4) is 0 Å². The summed E-state index contributed by atoms with van der Waals surface area (Å²) in [4.78, 5) is 46.9. The lowest BCUT2D eigenvalue weighted by atomic mass is 9.70. The highest BCUT2D eigenvalue weighted by molar-refractivity contribution is 9.09. The monoisotopic (exact) mass is 597 g/mol. The lowest BCUT2D eigenvalue weighted by Crippen LogP contribution is -2.59. The Kier molecular flexibility index (Phi) is 9.67. The minimum absolute atomic E-state index is 0.168. The number of esters is 1. The third-order valence-electron chi connectivity index (χ3n) is 8.33. The molecule has 4 saturated heterocycles. The van der Waals surface area contributed by atoms with E-state index < -0.39 is 41.6 Å². The fourth-order valence-electron chi connectivity index (χ4n) is 6.47. The number of hydrogen-bond donors (Lipinski definition) is 1. The van der Waals surface area contributed by atoms with Crippen LogP contribution in [-0.2, 0) is 28.6 Å². The number of aliphatic hydroxyl groups excluding tert-OH is 1. The number of nitrogens with zero attached hydrogens (tertiary/aromatic N) is 3. The van der Waals surface area contributed by atoms with Gasteiger partial charge in [0.05, 0.1) is 50.4 Å². The van der Waals surface area contributed by atoms with Gasteiger partial charge in [0.1, 0.15) is 11.6 Å². The molecule has 4 rings (SSSR count). The van der Waals surface area contributed by atoms with Crippen LogP contribution in [0.15, 0.2) is 25.3 Å². The van der Waals surface area contributed by atoms with Crippen LogP contribution in [0.2, 0.25) is 0 Å². The predicted octanol–water partition coefficient (Wildman–Crippen LogP) is 0.971. The standard InChI is InChI=1S/C27H40BrN3O7/c1-4-7-13-37-26(35)20-21-24(33)31(18(6-3)17-32)23(27(21)16-19(28)22(20)38-27)25(34)30(8-5-2)10-9-29-11-14-36-15-12-29/h4-5,18-23,32H,1-2,6-17H2,3H3/t18-,19?,20+,21-,22+,23?,27?/m0/s1. The van der Waals surface area contributed by atoms with E-state index in [4.69, 9.17) is 14.2 Å². The lowest BCUT2D eigenvalue weighted by Gasteiger charge is -2.39. The predicted molar refractivity (Wildman–Crippen MR) is 144 cm³/mol. The van der Waals surface area contributed by atoms with Gasteiger partial charge in [0.25, 0.3) is 0 Å². The number of halogens is 1. The van der Waals surface area contributed by atoms with Crippen molar-refractivity contribution in [2.24, 2.45) is 11.8 Å². The number of morpholine rings is 1. The topological polar surface area (TPSA) is 109 Å². The van der Waals surface area contributed by atoms with Gasteiger partial charge in [0, 0.05) is 37.6 Å². The van der Waals surface area contributed by atoms with Gasteiger partial charge in [0.2, 0.25) is 11.8 Å². The first kappa shape index (κ1) is 29.2. The van der Waals surface area contributed by atoms with Crippen LogP contribution in [0.5, 0.6) is 0 Å². The molecule has 0 aliphatic carbocycles. The van der Waals surface area contributed by atoms with E-state index in [-0.39, 0.29) is 29.9 Å². The van der Waals surface area contributed by atoms with Crippen LogP contribution in [0.25, 0.3) is 0 Å². The van der Waals surface area contributed by atoms with Gasteiger partial charge in [-0.05, 0) is 19.3 Å². The number of fused-ring (bicyclic) bond motifs is 1. The maximum absolute atomic E-state index is 14.4. The maximum Gasteiger partial charge on any atom is 0.312 e. The Bertz CT molecular complexity index is 909. The maximum atomic E-state index is 14.4. The highest BCUT2D eigenvalue weighted by atomic mass is 79.9. The van der Waals surface area contributed by atoms with Crippen molar-refractivity contribution in [1.82, 2.24) is 14.7 Å². The van der Waals surface area contributed by atoms with Crippen LogP contribution in [0, 0.1) is 11.8 Å². The third-order valence-corrected chi connectivity index (χ3v) is 9.17. The molecule has 2 amide bonds. The van der Waals surface area contributed by atoms with E-state index in [9.17, 15) is 19.5 Å². The van der Waals surface area contributed by atoms with Crippen LogP contribution >= 0.6 is 15.9 Å². The normalized spacial score (nSPS) is 33.2. The Morgan fingerprint density at radius 1 is 1.32 bits per heavy atom. The van der Waals surface area contributed by atoms with E-state index in [2.05, 4.69) is 34.0 Å². The molecule has 7 atom stereocenters. The highest BCUT2D eigenvalue weighted by Gasteiger charge is 2.77. The number of hydrogen-bond acceptors (Lipinski definition) is 8. The van der Waals surface area contributed by atoms with E-state index in [0.717, 1.165) is 13.1 Å². The summed E-state index contributed by atoms with van der Waals surface area (Å²) in [6, 6.07) is -1.53. The molecule has 4 heterocycles. The quantitative estimate of drug-likeness (QED) is 0.145. The number of ether oxygens (including phenoxy) is 3. The number of amides is 2. The van der Waals surface area contributed by atoms with Gasteiger partial charge in [-0.2, -0.15) is 0 Å². The number of aliphatic hydroxyl groups is 1. The Morgan fingerprint density at radius 2 is 2.05 bits per heavy atom. The van der Waals surface area contributed by atoms with Crippen molar-refractivity contribution in [3.05, 3.63) is 25.3 Å². The van der Waals surface area contributed by atoms with Gasteiger partial charge in [-0.3, -0.25) is 19.3 Å². The summed E-state index contributed by atoms with van der Waals surface area (Å²) in [6.07, 6.45) is 4.13. The van der Waals surface area contributed by atoms with E-state index >= 15 is 0 Å². The number of likely N-dealkylation sites (tertiary alicyclic amines) is 1. The number of rotatable bonds is 13. The van der Waals surface area contributed by atoms with Gasteiger partial charge in [-0.1, -0.05) is 35.0 Å². The largest absolute Gasteiger partial charge is 0.465 e.